The van der Waals surface area contributed by atoms with Gasteiger partial charge in [-0.1, -0.05) is 32.1 Å². The van der Waals surface area contributed by atoms with Crippen molar-refractivity contribution in [1.82, 2.24) is 13.6 Å². The average Bonchev–Trinajstić information content (AvgIpc) is 2.84. The molecule has 11 heteroatoms. The molecule has 1 saturated carbocycles. The smallest absolute Gasteiger partial charge is 0.282 e. The molecular formula is C22H36N4O5S2. The molecule has 0 radical (unpaired) electrons. The van der Waals surface area contributed by atoms with Crippen LogP contribution in [0.1, 0.15) is 44.1 Å². The molecule has 1 aromatic rings. The van der Waals surface area contributed by atoms with Crippen molar-refractivity contribution in [2.24, 2.45) is 23.5 Å². The highest BCUT2D eigenvalue weighted by Crippen LogP contribution is 2.38. The minimum absolute atomic E-state index is 0.0211. The Morgan fingerprint density at radius 3 is 2.42 bits per heavy atom. The zero-order chi connectivity index (χ0) is 23.5. The summed E-state index contributed by atoms with van der Waals surface area (Å²) in [5.41, 5.74) is 6.39. The van der Waals surface area contributed by atoms with Gasteiger partial charge in [-0.2, -0.15) is 17.0 Å². The molecule has 2 unspecified atom stereocenters. The van der Waals surface area contributed by atoms with Crippen LogP contribution in [0.5, 0.6) is 0 Å². The van der Waals surface area contributed by atoms with Crippen LogP contribution < -0.4 is 5.73 Å². The summed E-state index contributed by atoms with van der Waals surface area (Å²) in [6, 6.07) is 3.23. The monoisotopic (exact) mass is 500 g/mol. The number of rotatable bonds is 7. The van der Waals surface area contributed by atoms with Gasteiger partial charge >= 0.3 is 0 Å². The highest BCUT2D eigenvalue weighted by molar-refractivity contribution is 7.91. The molecule has 3 aliphatic rings. The molecular weight excluding hydrogens is 464 g/mol. The van der Waals surface area contributed by atoms with Gasteiger partial charge < -0.3 is 10.5 Å². The third kappa shape index (κ3) is 5.94. The fraction of sp³-hybridized carbons (Fsp3) is 0.773. The molecule has 33 heavy (non-hydrogen) atoms. The van der Waals surface area contributed by atoms with Crippen molar-refractivity contribution in [2.45, 2.75) is 50.1 Å². The van der Waals surface area contributed by atoms with Gasteiger partial charge in [-0.3, -0.25) is 0 Å². The van der Waals surface area contributed by atoms with E-state index >= 15 is 0 Å². The number of ether oxygens (including phenoxy) is 1. The Balaban J connectivity index is 1.56. The van der Waals surface area contributed by atoms with Crippen LogP contribution in [0.2, 0.25) is 0 Å². The summed E-state index contributed by atoms with van der Waals surface area (Å²) in [6.45, 7) is 2.39. The van der Waals surface area contributed by atoms with Gasteiger partial charge in [0.1, 0.15) is 0 Å². The first-order valence-electron chi connectivity index (χ1n) is 12.0. The average molecular weight is 501 g/mol. The number of nitrogens with two attached hydrogens (primary N) is 1. The lowest BCUT2D eigenvalue weighted by Gasteiger charge is -2.43. The van der Waals surface area contributed by atoms with Crippen molar-refractivity contribution in [1.29, 1.82) is 0 Å². The van der Waals surface area contributed by atoms with Crippen LogP contribution in [0.3, 0.4) is 0 Å². The maximum absolute atomic E-state index is 13.5. The van der Waals surface area contributed by atoms with E-state index < -0.39 is 20.0 Å². The third-order valence-corrected chi connectivity index (χ3v) is 11.0. The second-order valence-corrected chi connectivity index (χ2v) is 13.5. The summed E-state index contributed by atoms with van der Waals surface area (Å²) in [4.78, 5) is 4.08. The van der Waals surface area contributed by atoms with E-state index in [0.29, 0.717) is 44.3 Å². The highest BCUT2D eigenvalue weighted by Gasteiger charge is 2.41. The quantitative estimate of drug-likeness (QED) is 0.600. The predicted molar refractivity (Wildman–Crippen MR) is 125 cm³/mol. The molecule has 4 rings (SSSR count). The summed E-state index contributed by atoms with van der Waals surface area (Å²) in [5, 5.41) is 0.0211. The predicted octanol–water partition coefficient (Wildman–Crippen LogP) is 1.41. The van der Waals surface area contributed by atoms with E-state index in [4.69, 9.17) is 10.5 Å². The Hall–Kier alpha value is -1.11. The van der Waals surface area contributed by atoms with E-state index in [0.717, 1.165) is 32.1 Å². The van der Waals surface area contributed by atoms with Gasteiger partial charge in [-0.25, -0.2) is 13.4 Å². The Bertz CT molecular complexity index is 1010. The topological polar surface area (TPSA) is 123 Å². The molecule has 2 aliphatic heterocycles. The molecule has 1 aromatic heterocycles. The van der Waals surface area contributed by atoms with Crippen LogP contribution in [0.25, 0.3) is 0 Å². The van der Waals surface area contributed by atoms with Crippen LogP contribution in [-0.4, -0.2) is 75.6 Å². The summed E-state index contributed by atoms with van der Waals surface area (Å²) >= 11 is 0. The fourth-order valence-electron chi connectivity index (χ4n) is 5.54. The second-order valence-electron chi connectivity index (χ2n) is 9.58. The Morgan fingerprint density at radius 2 is 1.73 bits per heavy atom. The standard InChI is InChI=1S/C22H36N4O5S2/c23-14-18-6-7-24-22(13-18)32(27,28)17-19-12-21(20-4-2-1-3-5-20)16-26(15-19)33(29,30)25-8-10-31-11-9-25/h6-7,13,19-21H,1-5,8-12,14-17,23H2. The molecule has 2 atom stereocenters. The molecule has 3 fully saturated rings. The number of hydrogen-bond acceptors (Lipinski definition) is 7. The van der Waals surface area contributed by atoms with E-state index in [1.54, 1.807) is 10.4 Å². The first-order chi connectivity index (χ1) is 15.8. The summed E-state index contributed by atoms with van der Waals surface area (Å²) in [6.07, 6.45) is 7.93. The zero-order valence-electron chi connectivity index (χ0n) is 19.1. The molecule has 186 valence electrons. The van der Waals surface area contributed by atoms with Crippen molar-refractivity contribution in [3.05, 3.63) is 23.9 Å². The van der Waals surface area contributed by atoms with Crippen LogP contribution in [0.4, 0.5) is 0 Å². The normalized spacial score (nSPS) is 26.9. The maximum atomic E-state index is 13.5. The summed E-state index contributed by atoms with van der Waals surface area (Å²) in [5.74, 6) is 0.255. The van der Waals surface area contributed by atoms with E-state index in [1.807, 2.05) is 0 Å². The van der Waals surface area contributed by atoms with E-state index in [-0.39, 0.29) is 35.7 Å². The molecule has 0 amide bonds. The molecule has 0 spiro atoms. The molecule has 2 saturated heterocycles. The highest BCUT2D eigenvalue weighted by atomic mass is 32.2. The van der Waals surface area contributed by atoms with E-state index in [1.165, 1.54) is 23.0 Å². The Labute approximate surface area is 197 Å². The van der Waals surface area contributed by atoms with Gasteiger partial charge in [-0.05, 0) is 41.9 Å². The number of morpholine rings is 1. The summed E-state index contributed by atoms with van der Waals surface area (Å²) < 4.78 is 61.7. The van der Waals surface area contributed by atoms with Gasteiger partial charge in [-0.15, -0.1) is 0 Å². The summed E-state index contributed by atoms with van der Waals surface area (Å²) in [7, 11) is -7.32. The minimum Gasteiger partial charge on any atom is -0.379 e. The van der Waals surface area contributed by atoms with E-state index in [9.17, 15) is 16.8 Å². The van der Waals surface area contributed by atoms with Crippen LogP contribution in [-0.2, 0) is 31.3 Å². The number of nitrogens with zero attached hydrogens (tertiary/aromatic N) is 3. The number of hydrogen-bond donors (Lipinski definition) is 1. The van der Waals surface area contributed by atoms with Crippen molar-refractivity contribution in [3.63, 3.8) is 0 Å². The van der Waals surface area contributed by atoms with Crippen LogP contribution in [0.15, 0.2) is 23.4 Å². The molecule has 9 nitrogen and oxygen atoms in total. The van der Waals surface area contributed by atoms with Crippen LogP contribution in [0, 0.1) is 17.8 Å². The van der Waals surface area contributed by atoms with Gasteiger partial charge in [0.15, 0.2) is 14.9 Å². The lowest BCUT2D eigenvalue weighted by atomic mass is 9.75. The number of pyridine rings is 1. The first kappa shape index (κ1) is 25.0. The molecule has 1 aliphatic carbocycles. The minimum atomic E-state index is -3.66. The van der Waals surface area contributed by atoms with Gasteiger partial charge in [0.2, 0.25) is 0 Å². The third-order valence-electron chi connectivity index (χ3n) is 7.28. The zero-order valence-corrected chi connectivity index (χ0v) is 20.8. The largest absolute Gasteiger partial charge is 0.379 e. The SMILES string of the molecule is NCc1ccnc(S(=O)(=O)CC2CC(C3CCCCC3)CN(S(=O)(=O)N3CCOCC3)C2)c1. The molecule has 0 aromatic carbocycles. The molecule has 0 bridgehead atoms. The van der Waals surface area contributed by atoms with Crippen molar-refractivity contribution in [2.75, 3.05) is 45.1 Å². The van der Waals surface area contributed by atoms with E-state index in [2.05, 4.69) is 4.98 Å². The Morgan fingerprint density at radius 1 is 1.00 bits per heavy atom. The lowest BCUT2D eigenvalue weighted by molar-refractivity contribution is 0.0660. The fourth-order valence-corrected chi connectivity index (χ4v) is 8.84. The number of sulfone groups is 1. The lowest BCUT2D eigenvalue weighted by Crippen LogP contribution is -2.54. The molecule has 3 heterocycles. The van der Waals surface area contributed by atoms with Crippen molar-refractivity contribution in [3.8, 4) is 0 Å². The number of piperidine rings is 1. The van der Waals surface area contributed by atoms with Gasteiger partial charge in [0.25, 0.3) is 10.2 Å². The van der Waals surface area contributed by atoms with Crippen LogP contribution >= 0.6 is 0 Å². The maximum Gasteiger partial charge on any atom is 0.282 e. The van der Waals surface area contributed by atoms with Gasteiger partial charge in [0, 0.05) is 38.9 Å². The first-order valence-corrected chi connectivity index (χ1v) is 15.1. The number of aromatic nitrogens is 1. The second kappa shape index (κ2) is 10.7. The molecule has 2 N–H and O–H groups in total. The van der Waals surface area contributed by atoms with Gasteiger partial charge in [0.05, 0.1) is 19.0 Å². The van der Waals surface area contributed by atoms with Crippen molar-refractivity contribution < 1.29 is 21.6 Å². The Kier molecular flexibility index (Phi) is 8.07. The van der Waals surface area contributed by atoms with Crippen molar-refractivity contribution >= 4 is 20.0 Å².